The Balaban J connectivity index is 0.00000176. The topological polar surface area (TPSA) is 76.2 Å². The first-order valence-electron chi connectivity index (χ1n) is 7.04. The van der Waals surface area contributed by atoms with Crippen LogP contribution in [0.1, 0.15) is 23.2 Å². The first-order chi connectivity index (χ1) is 10.1. The summed E-state index contributed by atoms with van der Waals surface area (Å²) in [5.74, 6) is 0.914. The third-order valence-electron chi connectivity index (χ3n) is 3.71. The molecule has 1 aliphatic rings. The second kappa shape index (κ2) is 6.50. The van der Waals surface area contributed by atoms with Crippen LogP contribution in [0.15, 0.2) is 16.8 Å². The van der Waals surface area contributed by atoms with Crippen LogP contribution in [0.25, 0.3) is 11.5 Å². The third kappa shape index (κ3) is 3.00. The highest BCUT2D eigenvalue weighted by Gasteiger charge is 2.28. The fourth-order valence-electron chi connectivity index (χ4n) is 2.53. The fourth-order valence-corrected chi connectivity index (χ4v) is 2.53. The summed E-state index contributed by atoms with van der Waals surface area (Å²) in [7, 11) is 1.83. The first kappa shape index (κ1) is 16.5. The van der Waals surface area contributed by atoms with Crippen molar-refractivity contribution in [3.05, 3.63) is 23.8 Å². The van der Waals surface area contributed by atoms with Gasteiger partial charge in [-0.25, -0.2) is 4.98 Å². The van der Waals surface area contributed by atoms with Gasteiger partial charge in [-0.05, 0) is 13.8 Å². The van der Waals surface area contributed by atoms with Crippen molar-refractivity contribution in [2.75, 3.05) is 19.6 Å². The van der Waals surface area contributed by atoms with E-state index >= 15 is 0 Å². The maximum atomic E-state index is 12.6. The third-order valence-corrected chi connectivity index (χ3v) is 3.71. The molecule has 0 spiro atoms. The van der Waals surface area contributed by atoms with Crippen LogP contribution in [0.4, 0.5) is 0 Å². The van der Waals surface area contributed by atoms with Crippen molar-refractivity contribution in [3.63, 3.8) is 0 Å². The Kier molecular flexibility index (Phi) is 4.87. The summed E-state index contributed by atoms with van der Waals surface area (Å²) >= 11 is 0. The molecule has 22 heavy (non-hydrogen) atoms. The number of nitrogens with zero attached hydrogens (tertiary/aromatic N) is 4. The highest BCUT2D eigenvalue weighted by molar-refractivity contribution is 5.94. The van der Waals surface area contributed by atoms with E-state index in [1.807, 2.05) is 25.1 Å². The van der Waals surface area contributed by atoms with Crippen LogP contribution in [0.5, 0.6) is 0 Å². The average molecular weight is 326 g/mol. The zero-order valence-corrected chi connectivity index (χ0v) is 13.7. The molecular weight excluding hydrogens is 306 g/mol. The number of rotatable bonds is 2. The maximum Gasteiger partial charge on any atom is 0.276 e. The quantitative estimate of drug-likeness (QED) is 0.899. The minimum Gasteiger partial charge on any atom is -0.440 e. The van der Waals surface area contributed by atoms with E-state index in [0.29, 0.717) is 23.9 Å². The molecule has 1 aliphatic heterocycles. The van der Waals surface area contributed by atoms with Crippen molar-refractivity contribution in [1.82, 2.24) is 25.0 Å². The Labute approximate surface area is 135 Å². The average Bonchev–Trinajstić information content (AvgIpc) is 3.05. The SMILES string of the molecule is Cc1oc(-c2cnn(C)c2)nc1C(=O)N1CCNCC1C.Cl. The molecule has 3 heterocycles. The van der Waals surface area contributed by atoms with Crippen LogP contribution < -0.4 is 5.32 Å². The Morgan fingerprint density at radius 3 is 2.91 bits per heavy atom. The number of amides is 1. The smallest absolute Gasteiger partial charge is 0.276 e. The predicted octanol–water partition coefficient (Wildman–Crippen LogP) is 1.24. The van der Waals surface area contributed by atoms with Crippen LogP contribution in [0.2, 0.25) is 0 Å². The van der Waals surface area contributed by atoms with Crippen molar-refractivity contribution < 1.29 is 9.21 Å². The lowest BCUT2D eigenvalue weighted by atomic mass is 10.2. The number of carbonyl (C=O) groups is 1. The van der Waals surface area contributed by atoms with Gasteiger partial charge in [0.15, 0.2) is 5.69 Å². The first-order valence-corrected chi connectivity index (χ1v) is 7.04. The van der Waals surface area contributed by atoms with Crippen molar-refractivity contribution >= 4 is 18.3 Å². The van der Waals surface area contributed by atoms with Crippen LogP contribution in [-0.2, 0) is 7.05 Å². The van der Waals surface area contributed by atoms with E-state index in [1.54, 1.807) is 17.8 Å². The number of halogens is 1. The van der Waals surface area contributed by atoms with E-state index in [4.69, 9.17) is 4.42 Å². The highest BCUT2D eigenvalue weighted by Crippen LogP contribution is 2.22. The molecule has 0 saturated carbocycles. The standard InChI is InChI=1S/C14H19N5O2.ClH/c1-9-6-15-4-5-19(9)14(20)12-10(2)21-13(17-12)11-7-16-18(3)8-11;/h7-9,15H,4-6H2,1-3H3;1H. The Morgan fingerprint density at radius 2 is 2.27 bits per heavy atom. The number of aromatic nitrogens is 3. The molecule has 1 fully saturated rings. The Hall–Kier alpha value is -1.86. The zero-order chi connectivity index (χ0) is 15.0. The van der Waals surface area contributed by atoms with Crippen molar-refractivity contribution in [1.29, 1.82) is 0 Å². The number of piperazine rings is 1. The monoisotopic (exact) mass is 325 g/mol. The summed E-state index contributed by atoms with van der Waals surface area (Å²) in [6.07, 6.45) is 3.49. The molecule has 1 amide bonds. The molecule has 1 unspecified atom stereocenters. The molecular formula is C14H20ClN5O2. The van der Waals surface area contributed by atoms with E-state index in [9.17, 15) is 4.79 Å². The van der Waals surface area contributed by atoms with Crippen LogP contribution in [-0.4, -0.2) is 51.2 Å². The number of nitrogens with one attached hydrogen (secondary N) is 1. The molecule has 1 atom stereocenters. The minimum absolute atomic E-state index is 0. The Bertz CT molecular complexity index is 666. The lowest BCUT2D eigenvalue weighted by Gasteiger charge is -2.33. The van der Waals surface area contributed by atoms with Gasteiger partial charge in [-0.1, -0.05) is 0 Å². The molecule has 0 aliphatic carbocycles. The van der Waals surface area contributed by atoms with Gasteiger partial charge in [0, 0.05) is 38.9 Å². The summed E-state index contributed by atoms with van der Waals surface area (Å²) in [5, 5.41) is 7.36. The molecule has 8 heteroatoms. The number of hydrogen-bond acceptors (Lipinski definition) is 5. The molecule has 120 valence electrons. The number of carbonyl (C=O) groups excluding carboxylic acids is 1. The summed E-state index contributed by atoms with van der Waals surface area (Å²) in [6.45, 7) is 6.10. The number of oxazole rings is 1. The van der Waals surface area contributed by atoms with Gasteiger partial charge in [-0.15, -0.1) is 12.4 Å². The van der Waals surface area contributed by atoms with Gasteiger partial charge in [0.2, 0.25) is 5.89 Å². The number of aryl methyl sites for hydroxylation is 2. The van der Waals surface area contributed by atoms with E-state index in [1.165, 1.54) is 0 Å². The lowest BCUT2D eigenvalue weighted by Crippen LogP contribution is -2.52. The Morgan fingerprint density at radius 1 is 1.50 bits per heavy atom. The summed E-state index contributed by atoms with van der Waals surface area (Å²) in [4.78, 5) is 18.8. The van der Waals surface area contributed by atoms with Gasteiger partial charge >= 0.3 is 0 Å². The summed E-state index contributed by atoms with van der Waals surface area (Å²) in [5.41, 5.74) is 1.16. The van der Waals surface area contributed by atoms with Crippen LogP contribution >= 0.6 is 12.4 Å². The zero-order valence-electron chi connectivity index (χ0n) is 12.9. The maximum absolute atomic E-state index is 12.6. The molecule has 3 rings (SSSR count). The van der Waals surface area contributed by atoms with Crippen LogP contribution in [0, 0.1) is 6.92 Å². The largest absolute Gasteiger partial charge is 0.440 e. The summed E-state index contributed by atoms with van der Waals surface area (Å²) < 4.78 is 7.31. The van der Waals surface area contributed by atoms with Gasteiger partial charge in [-0.3, -0.25) is 9.48 Å². The van der Waals surface area contributed by atoms with Gasteiger partial charge < -0.3 is 14.6 Å². The van der Waals surface area contributed by atoms with Gasteiger partial charge in [0.1, 0.15) is 5.76 Å². The van der Waals surface area contributed by atoms with E-state index in [2.05, 4.69) is 15.4 Å². The molecule has 0 bridgehead atoms. The van der Waals surface area contributed by atoms with E-state index < -0.39 is 0 Å². The minimum atomic E-state index is -0.0691. The highest BCUT2D eigenvalue weighted by atomic mass is 35.5. The molecule has 7 nitrogen and oxygen atoms in total. The van der Waals surface area contributed by atoms with Gasteiger partial charge in [0.25, 0.3) is 5.91 Å². The second-order valence-electron chi connectivity index (χ2n) is 5.38. The molecule has 2 aromatic heterocycles. The van der Waals surface area contributed by atoms with Gasteiger partial charge in [0.05, 0.1) is 11.8 Å². The molecule has 0 aromatic carbocycles. The molecule has 2 aromatic rings. The van der Waals surface area contributed by atoms with Crippen molar-refractivity contribution in [2.45, 2.75) is 19.9 Å². The lowest BCUT2D eigenvalue weighted by molar-refractivity contribution is 0.0648. The molecule has 1 saturated heterocycles. The second-order valence-corrected chi connectivity index (χ2v) is 5.38. The normalized spacial score (nSPS) is 18.1. The van der Waals surface area contributed by atoms with E-state index in [0.717, 1.165) is 18.7 Å². The van der Waals surface area contributed by atoms with E-state index in [-0.39, 0.29) is 24.4 Å². The summed E-state index contributed by atoms with van der Waals surface area (Å²) in [6, 6.07) is 0.157. The van der Waals surface area contributed by atoms with Crippen LogP contribution in [0.3, 0.4) is 0 Å². The van der Waals surface area contributed by atoms with Crippen molar-refractivity contribution in [2.24, 2.45) is 7.05 Å². The molecule has 0 radical (unpaired) electrons. The van der Waals surface area contributed by atoms with Gasteiger partial charge in [-0.2, -0.15) is 5.10 Å². The number of hydrogen-bond donors (Lipinski definition) is 1. The predicted molar refractivity (Wildman–Crippen MR) is 84.1 cm³/mol. The fraction of sp³-hybridized carbons (Fsp3) is 0.500. The molecule has 1 N–H and O–H groups in total. The van der Waals surface area contributed by atoms with Crippen molar-refractivity contribution in [3.8, 4) is 11.5 Å².